The van der Waals surface area contributed by atoms with E-state index in [1.807, 2.05) is 0 Å². The molecular formula is C43H45BN2. The van der Waals surface area contributed by atoms with Crippen LogP contribution in [0.5, 0.6) is 0 Å². The van der Waals surface area contributed by atoms with Gasteiger partial charge in [0, 0.05) is 30.9 Å². The van der Waals surface area contributed by atoms with E-state index in [1.165, 1.54) is 38.7 Å². The van der Waals surface area contributed by atoms with Crippen LogP contribution in [0.2, 0.25) is 0 Å². The Morgan fingerprint density at radius 3 is 1.13 bits per heavy atom. The van der Waals surface area contributed by atoms with Crippen LogP contribution in [0.3, 0.4) is 0 Å². The molecule has 230 valence electrons. The Kier molecular flexibility index (Phi) is 11.4. The van der Waals surface area contributed by atoms with Crippen molar-refractivity contribution < 1.29 is 4.57 Å². The number of aromatic nitrogens is 1. The third-order valence-corrected chi connectivity index (χ3v) is 8.97. The van der Waals surface area contributed by atoms with Crippen LogP contribution < -0.4 is 31.3 Å². The Balaban J connectivity index is 0.000000184. The highest BCUT2D eigenvalue weighted by atomic mass is 15.1. The summed E-state index contributed by atoms with van der Waals surface area (Å²) in [7, 11) is 0. The number of nitrogens with zero attached hydrogens (tertiary/aromatic N) is 2. The van der Waals surface area contributed by atoms with Gasteiger partial charge in [0.25, 0.3) is 0 Å². The van der Waals surface area contributed by atoms with Crippen molar-refractivity contribution >= 4 is 45.8 Å². The lowest BCUT2D eigenvalue weighted by Gasteiger charge is -2.44. The molecule has 0 unspecified atom stereocenters. The zero-order valence-electron chi connectivity index (χ0n) is 27.4. The predicted octanol–water partition coefficient (Wildman–Crippen LogP) is 7.07. The molecule has 6 rings (SSSR count). The molecule has 0 N–H and O–H groups in total. The van der Waals surface area contributed by atoms with Crippen molar-refractivity contribution in [2.75, 3.05) is 18.0 Å². The van der Waals surface area contributed by atoms with Crippen LogP contribution in [0.1, 0.15) is 31.9 Å². The van der Waals surface area contributed by atoms with E-state index in [9.17, 15) is 0 Å². The molecule has 0 radical (unpaired) electrons. The van der Waals surface area contributed by atoms with Gasteiger partial charge in [-0.15, -0.1) is 0 Å². The van der Waals surface area contributed by atoms with E-state index >= 15 is 0 Å². The summed E-state index contributed by atoms with van der Waals surface area (Å²) >= 11 is 0. The van der Waals surface area contributed by atoms with Gasteiger partial charge in [-0.2, -0.15) is 21.9 Å². The molecule has 5 aromatic carbocycles. The quantitative estimate of drug-likeness (QED) is 0.121. The Morgan fingerprint density at radius 1 is 0.457 bits per heavy atom. The molecule has 2 nitrogen and oxygen atoms in total. The molecule has 0 saturated heterocycles. The normalized spacial score (nSPS) is 11.1. The van der Waals surface area contributed by atoms with Crippen LogP contribution in [-0.4, -0.2) is 19.2 Å². The molecule has 1 aromatic heterocycles. The second-order valence-electron chi connectivity index (χ2n) is 11.6. The van der Waals surface area contributed by atoms with Gasteiger partial charge in [0.2, 0.25) is 0 Å². The van der Waals surface area contributed by atoms with Gasteiger partial charge in [0.15, 0.2) is 12.4 Å². The predicted molar refractivity (Wildman–Crippen MR) is 201 cm³/mol. The van der Waals surface area contributed by atoms with Gasteiger partial charge >= 0.3 is 0 Å². The molecule has 0 bridgehead atoms. The van der Waals surface area contributed by atoms with Gasteiger partial charge in [-0.1, -0.05) is 146 Å². The lowest BCUT2D eigenvalue weighted by molar-refractivity contribution is -0.693. The summed E-state index contributed by atoms with van der Waals surface area (Å²) in [6.07, 6.45) is 7.34. The van der Waals surface area contributed by atoms with Crippen molar-refractivity contribution in [2.24, 2.45) is 0 Å². The average molecular weight is 601 g/mol. The van der Waals surface area contributed by atoms with E-state index in [2.05, 4.69) is 213 Å². The maximum absolute atomic E-state index is 2.36. The molecule has 0 amide bonds. The second kappa shape index (κ2) is 16.2. The van der Waals surface area contributed by atoms with Crippen LogP contribution in [-0.2, 0) is 6.54 Å². The number of rotatable bonds is 10. The van der Waals surface area contributed by atoms with Crippen LogP contribution in [0.25, 0.3) is 12.2 Å². The molecule has 1 heterocycles. The van der Waals surface area contributed by atoms with Crippen molar-refractivity contribution in [3.05, 3.63) is 181 Å². The smallest absolute Gasteiger partial charge is 0.169 e. The highest BCUT2D eigenvalue weighted by molar-refractivity contribution is 7.19. The molecule has 0 aliphatic heterocycles. The van der Waals surface area contributed by atoms with Gasteiger partial charge in [0.05, 0.1) is 0 Å². The lowest BCUT2D eigenvalue weighted by Crippen LogP contribution is -2.74. The number of pyridine rings is 1. The molecule has 6 aromatic rings. The van der Waals surface area contributed by atoms with E-state index in [-0.39, 0.29) is 0 Å². The Labute approximate surface area is 276 Å². The summed E-state index contributed by atoms with van der Waals surface area (Å²) in [5.41, 5.74) is 9.11. The molecular weight excluding hydrogens is 555 g/mol. The molecule has 0 aliphatic carbocycles. The van der Waals surface area contributed by atoms with E-state index in [0.717, 1.165) is 19.6 Å². The van der Waals surface area contributed by atoms with E-state index in [0.29, 0.717) is 0 Å². The minimum absolute atomic E-state index is 1.01. The SMILES string of the molecule is CCN(CC)c1ccc(/C=C/c2cc[n+](CC)cc2)cc1.c1ccc([B-](c2ccccc2)(c2ccccc2)c2ccccc2)cc1. The van der Waals surface area contributed by atoms with E-state index in [4.69, 9.17) is 0 Å². The molecule has 0 aliphatic rings. The molecule has 0 saturated carbocycles. The first-order chi connectivity index (χ1) is 22.7. The van der Waals surface area contributed by atoms with Crippen molar-refractivity contribution in [1.82, 2.24) is 0 Å². The topological polar surface area (TPSA) is 7.12 Å². The Bertz CT molecular complexity index is 1580. The zero-order valence-corrected chi connectivity index (χ0v) is 27.4. The van der Waals surface area contributed by atoms with Gasteiger partial charge < -0.3 is 4.90 Å². The van der Waals surface area contributed by atoms with Crippen molar-refractivity contribution in [1.29, 1.82) is 0 Å². The molecule has 0 fully saturated rings. The van der Waals surface area contributed by atoms with Crippen LogP contribution in [0.4, 0.5) is 5.69 Å². The number of hydrogen-bond donors (Lipinski definition) is 0. The highest BCUT2D eigenvalue weighted by Gasteiger charge is 2.31. The summed E-state index contributed by atoms with van der Waals surface area (Å²) in [5, 5.41) is 0. The molecule has 46 heavy (non-hydrogen) atoms. The minimum atomic E-state index is -1.22. The first-order valence-electron chi connectivity index (χ1n) is 16.6. The van der Waals surface area contributed by atoms with Crippen LogP contribution in [0.15, 0.2) is 170 Å². The van der Waals surface area contributed by atoms with Crippen molar-refractivity contribution in [3.8, 4) is 0 Å². The lowest BCUT2D eigenvalue weighted by atomic mass is 9.13. The first kappa shape index (κ1) is 32.3. The van der Waals surface area contributed by atoms with Gasteiger partial charge in [0.1, 0.15) is 12.7 Å². The zero-order chi connectivity index (χ0) is 32.0. The molecule has 0 atom stereocenters. The summed E-state index contributed by atoms with van der Waals surface area (Å²) in [6.45, 7) is 9.63. The minimum Gasteiger partial charge on any atom is -0.372 e. The maximum atomic E-state index is 2.36. The van der Waals surface area contributed by atoms with Gasteiger partial charge in [-0.25, -0.2) is 4.57 Å². The van der Waals surface area contributed by atoms with Crippen LogP contribution in [0, 0.1) is 0 Å². The molecule has 0 spiro atoms. The number of aryl methyl sites for hydroxylation is 1. The third kappa shape index (κ3) is 7.55. The third-order valence-electron chi connectivity index (χ3n) is 8.97. The number of anilines is 1. The highest BCUT2D eigenvalue weighted by Crippen LogP contribution is 2.16. The monoisotopic (exact) mass is 600 g/mol. The largest absolute Gasteiger partial charge is 0.372 e. The van der Waals surface area contributed by atoms with Gasteiger partial charge in [-0.3, -0.25) is 0 Å². The second-order valence-corrected chi connectivity index (χ2v) is 11.6. The summed E-state index contributed by atoms with van der Waals surface area (Å²) < 4.78 is 2.16. The summed E-state index contributed by atoms with van der Waals surface area (Å²) in [5.74, 6) is 0. The maximum Gasteiger partial charge on any atom is 0.169 e. The standard InChI is InChI=1S/C24H20B.C19H25N2/c1-5-13-21(14-6-1)25(22-15-7-2-8-16-22,23-17-9-3-10-18-23)24-19-11-4-12-20-24;1-4-20-15-13-18(14-16-20)8-7-17-9-11-19(12-10-17)21(5-2)6-3/h1-20H;7-16H,4-6H2,1-3H3/q-1;+1. The summed E-state index contributed by atoms with van der Waals surface area (Å²) in [6, 6.07) is 56.6. The Morgan fingerprint density at radius 2 is 0.804 bits per heavy atom. The van der Waals surface area contributed by atoms with E-state index in [1.54, 1.807) is 0 Å². The van der Waals surface area contributed by atoms with Crippen LogP contribution >= 0.6 is 0 Å². The fourth-order valence-electron chi connectivity index (χ4n) is 6.49. The van der Waals surface area contributed by atoms with Crippen molar-refractivity contribution in [3.63, 3.8) is 0 Å². The van der Waals surface area contributed by atoms with Gasteiger partial charge in [-0.05, 0) is 44.0 Å². The Hall–Kier alpha value is -5.15. The van der Waals surface area contributed by atoms with Crippen molar-refractivity contribution in [2.45, 2.75) is 27.3 Å². The average Bonchev–Trinajstić information content (AvgIpc) is 3.14. The fourth-order valence-corrected chi connectivity index (χ4v) is 6.49. The summed E-state index contributed by atoms with van der Waals surface area (Å²) in [4.78, 5) is 2.36. The molecule has 3 heteroatoms. The first-order valence-corrected chi connectivity index (χ1v) is 16.6. The fraction of sp³-hybridized carbons (Fsp3) is 0.140. The number of hydrogen-bond acceptors (Lipinski definition) is 1. The van der Waals surface area contributed by atoms with E-state index < -0.39 is 6.15 Å². The number of benzene rings is 5.